The van der Waals surface area contributed by atoms with E-state index in [0.29, 0.717) is 6.42 Å². The highest BCUT2D eigenvalue weighted by molar-refractivity contribution is 5.69. The molecule has 0 aliphatic carbocycles. The van der Waals surface area contributed by atoms with Crippen molar-refractivity contribution in [3.8, 4) is 24.2 Å². The average molecular weight is 262 g/mol. The molecule has 0 saturated heterocycles. The van der Waals surface area contributed by atoms with Crippen molar-refractivity contribution in [1.82, 2.24) is 0 Å². The number of carbonyl (C=O) groups is 1. The zero-order valence-corrected chi connectivity index (χ0v) is 12.3. The molecule has 0 heterocycles. The van der Waals surface area contributed by atoms with Gasteiger partial charge in [0.15, 0.2) is 6.10 Å². The van der Waals surface area contributed by atoms with Crippen LogP contribution in [0.15, 0.2) is 0 Å². The fourth-order valence-corrected chi connectivity index (χ4v) is 1.80. The zero-order chi connectivity index (χ0) is 14.3. The van der Waals surface area contributed by atoms with Gasteiger partial charge in [0, 0.05) is 12.8 Å². The van der Waals surface area contributed by atoms with Crippen molar-refractivity contribution in [2.24, 2.45) is 0 Å². The van der Waals surface area contributed by atoms with E-state index in [4.69, 9.17) is 11.2 Å². The molecule has 0 aromatic rings. The van der Waals surface area contributed by atoms with Crippen LogP contribution < -0.4 is 0 Å². The highest BCUT2D eigenvalue weighted by atomic mass is 16.5. The summed E-state index contributed by atoms with van der Waals surface area (Å²) >= 11 is 0. The van der Waals surface area contributed by atoms with Gasteiger partial charge >= 0.3 is 5.97 Å². The van der Waals surface area contributed by atoms with Gasteiger partial charge in [-0.2, -0.15) is 0 Å². The third kappa shape index (κ3) is 11.4. The van der Waals surface area contributed by atoms with Crippen molar-refractivity contribution in [2.75, 3.05) is 0 Å². The Balaban J connectivity index is 3.47. The van der Waals surface area contributed by atoms with Gasteiger partial charge in [-0.1, -0.05) is 38.5 Å². The summed E-state index contributed by atoms with van der Waals surface area (Å²) in [6.45, 7) is 3.73. The average Bonchev–Trinajstić information content (AvgIpc) is 2.41. The molecule has 0 bridgehead atoms. The summed E-state index contributed by atoms with van der Waals surface area (Å²) in [5.41, 5.74) is 0. The smallest absolute Gasteiger partial charge is 0.307 e. The Morgan fingerprint density at radius 3 is 2.37 bits per heavy atom. The SMILES string of the molecule is C#CCCCCCCCCC(=O)OC(C#CC)CC. The van der Waals surface area contributed by atoms with E-state index in [9.17, 15) is 4.79 Å². The first-order valence-electron chi connectivity index (χ1n) is 7.29. The van der Waals surface area contributed by atoms with Crippen LogP contribution in [0.4, 0.5) is 0 Å². The van der Waals surface area contributed by atoms with Gasteiger partial charge in [-0.05, 0) is 26.2 Å². The van der Waals surface area contributed by atoms with Crippen LogP contribution in [0.5, 0.6) is 0 Å². The first kappa shape index (κ1) is 17.6. The van der Waals surface area contributed by atoms with Crippen LogP contribution in [0.2, 0.25) is 0 Å². The third-order valence-corrected chi connectivity index (χ3v) is 2.90. The molecule has 0 radical (unpaired) electrons. The molecule has 2 nitrogen and oxygen atoms in total. The lowest BCUT2D eigenvalue weighted by atomic mass is 10.1. The second-order valence-corrected chi connectivity index (χ2v) is 4.61. The molecule has 0 spiro atoms. The van der Waals surface area contributed by atoms with E-state index in [2.05, 4.69) is 17.8 Å². The molecular weight excluding hydrogens is 236 g/mol. The minimum Gasteiger partial charge on any atom is -0.449 e. The van der Waals surface area contributed by atoms with E-state index in [1.807, 2.05) is 6.92 Å². The Kier molecular flexibility index (Phi) is 12.1. The fourth-order valence-electron chi connectivity index (χ4n) is 1.80. The van der Waals surface area contributed by atoms with Crippen LogP contribution in [-0.4, -0.2) is 12.1 Å². The molecule has 0 fully saturated rings. The predicted octanol–water partition coefficient (Wildman–Crippen LogP) is 4.09. The van der Waals surface area contributed by atoms with E-state index in [0.717, 1.165) is 32.1 Å². The van der Waals surface area contributed by atoms with Crippen LogP contribution in [0, 0.1) is 24.2 Å². The van der Waals surface area contributed by atoms with E-state index < -0.39 is 0 Å². The van der Waals surface area contributed by atoms with E-state index >= 15 is 0 Å². The molecule has 0 aliphatic rings. The monoisotopic (exact) mass is 262 g/mol. The number of hydrogen-bond donors (Lipinski definition) is 0. The summed E-state index contributed by atoms with van der Waals surface area (Å²) in [4.78, 5) is 11.5. The number of rotatable bonds is 10. The van der Waals surface area contributed by atoms with Gasteiger partial charge in [-0.15, -0.1) is 18.3 Å². The zero-order valence-electron chi connectivity index (χ0n) is 12.3. The maximum absolute atomic E-state index is 11.5. The Hall–Kier alpha value is -1.41. The lowest BCUT2D eigenvalue weighted by molar-refractivity contribution is -0.146. The van der Waals surface area contributed by atoms with Crippen LogP contribution in [0.25, 0.3) is 0 Å². The largest absolute Gasteiger partial charge is 0.449 e. The van der Waals surface area contributed by atoms with E-state index in [1.165, 1.54) is 19.3 Å². The molecule has 19 heavy (non-hydrogen) atoms. The number of terminal acetylenes is 1. The maximum atomic E-state index is 11.5. The molecule has 0 rings (SSSR count). The van der Waals surface area contributed by atoms with Crippen molar-refractivity contribution in [2.45, 2.75) is 77.7 Å². The third-order valence-electron chi connectivity index (χ3n) is 2.90. The molecule has 0 N–H and O–H groups in total. The van der Waals surface area contributed by atoms with Gasteiger partial charge in [0.25, 0.3) is 0 Å². The Bertz CT molecular complexity index is 327. The molecule has 2 heteroatoms. The minimum absolute atomic E-state index is 0.123. The van der Waals surface area contributed by atoms with Crippen molar-refractivity contribution in [3.63, 3.8) is 0 Å². The van der Waals surface area contributed by atoms with Crippen LogP contribution >= 0.6 is 0 Å². The van der Waals surface area contributed by atoms with Crippen molar-refractivity contribution in [3.05, 3.63) is 0 Å². The summed E-state index contributed by atoms with van der Waals surface area (Å²) in [5, 5.41) is 0. The number of esters is 1. The molecule has 1 atom stereocenters. The quantitative estimate of drug-likeness (QED) is 0.337. The number of carbonyl (C=O) groups excluding carboxylic acids is 1. The lowest BCUT2D eigenvalue weighted by Crippen LogP contribution is -2.15. The molecular formula is C17H26O2. The highest BCUT2D eigenvalue weighted by Gasteiger charge is 2.09. The molecule has 0 aromatic carbocycles. The van der Waals surface area contributed by atoms with E-state index in [-0.39, 0.29) is 12.1 Å². The van der Waals surface area contributed by atoms with Crippen molar-refractivity contribution >= 4 is 5.97 Å². The standard InChI is InChI=1S/C17H26O2/c1-4-7-8-9-10-11-12-13-15-17(18)19-16(6-3)14-5-2/h1,16H,6-13,15H2,2-3H3. The van der Waals surface area contributed by atoms with Crippen LogP contribution in [-0.2, 0) is 9.53 Å². The van der Waals surface area contributed by atoms with E-state index in [1.54, 1.807) is 6.92 Å². The molecule has 1 unspecified atom stereocenters. The van der Waals surface area contributed by atoms with Gasteiger partial charge in [-0.3, -0.25) is 4.79 Å². The highest BCUT2D eigenvalue weighted by Crippen LogP contribution is 2.09. The molecule has 106 valence electrons. The summed E-state index contributed by atoms with van der Waals surface area (Å²) in [5.74, 6) is 8.19. The first-order valence-corrected chi connectivity index (χ1v) is 7.29. The van der Waals surface area contributed by atoms with Gasteiger partial charge in [0.2, 0.25) is 0 Å². The number of ether oxygens (including phenoxy) is 1. The number of hydrogen-bond acceptors (Lipinski definition) is 2. The Labute approximate surface area is 118 Å². The molecule has 0 saturated carbocycles. The van der Waals surface area contributed by atoms with Crippen molar-refractivity contribution in [1.29, 1.82) is 0 Å². The Morgan fingerprint density at radius 1 is 1.16 bits per heavy atom. The molecule has 0 amide bonds. The Morgan fingerprint density at radius 2 is 1.79 bits per heavy atom. The normalized spacial score (nSPS) is 11.0. The predicted molar refractivity (Wildman–Crippen MR) is 79.4 cm³/mol. The van der Waals surface area contributed by atoms with Gasteiger partial charge in [-0.25, -0.2) is 0 Å². The van der Waals surface area contributed by atoms with Crippen LogP contribution in [0.3, 0.4) is 0 Å². The molecule has 0 aromatic heterocycles. The second kappa shape index (κ2) is 13.0. The molecule has 0 aliphatic heterocycles. The first-order chi connectivity index (χ1) is 9.24. The van der Waals surface area contributed by atoms with Gasteiger partial charge in [0.05, 0.1) is 0 Å². The number of unbranched alkanes of at least 4 members (excludes halogenated alkanes) is 6. The van der Waals surface area contributed by atoms with Crippen molar-refractivity contribution < 1.29 is 9.53 Å². The second-order valence-electron chi connectivity index (χ2n) is 4.61. The topological polar surface area (TPSA) is 26.3 Å². The summed E-state index contributed by atoms with van der Waals surface area (Å²) in [6.07, 6.45) is 13.8. The maximum Gasteiger partial charge on any atom is 0.307 e. The van der Waals surface area contributed by atoms with Gasteiger partial charge < -0.3 is 4.74 Å². The summed E-state index contributed by atoms with van der Waals surface area (Å²) in [7, 11) is 0. The lowest BCUT2D eigenvalue weighted by Gasteiger charge is -2.09. The summed E-state index contributed by atoms with van der Waals surface area (Å²) < 4.78 is 5.27. The minimum atomic E-state index is -0.235. The summed E-state index contributed by atoms with van der Waals surface area (Å²) in [6, 6.07) is 0. The van der Waals surface area contributed by atoms with Crippen LogP contribution in [0.1, 0.15) is 71.6 Å². The van der Waals surface area contributed by atoms with Gasteiger partial charge in [0.1, 0.15) is 0 Å². The fraction of sp³-hybridized carbons (Fsp3) is 0.706.